The third-order valence-corrected chi connectivity index (χ3v) is 5.78. The van der Waals surface area contributed by atoms with Crippen LogP contribution in [0, 0.1) is 11.5 Å². The van der Waals surface area contributed by atoms with E-state index in [1.54, 1.807) is 6.19 Å². The Labute approximate surface area is 202 Å². The maximum absolute atomic E-state index is 13.8. The van der Waals surface area contributed by atoms with Gasteiger partial charge >= 0.3 is 12.4 Å². The fraction of sp³-hybridized carbons (Fsp3) is 0.292. The topological polar surface area (TPSA) is 78.0 Å². The summed E-state index contributed by atoms with van der Waals surface area (Å²) in [4.78, 5) is 8.29. The number of benzene rings is 2. The second kappa shape index (κ2) is 9.93. The van der Waals surface area contributed by atoms with Crippen molar-refractivity contribution in [2.45, 2.75) is 43.3 Å². The normalized spacial score (nSPS) is 18.9. The number of nitrogens with zero attached hydrogens (tertiary/aromatic N) is 4. The number of alkyl halides is 6. The highest BCUT2D eigenvalue weighted by molar-refractivity contribution is 5.82. The Hall–Kier alpha value is -4.01. The summed E-state index contributed by atoms with van der Waals surface area (Å²) in [5.41, 5.74) is -2.05. The van der Waals surface area contributed by atoms with Crippen molar-refractivity contribution in [3.05, 3.63) is 89.5 Å². The maximum atomic E-state index is 13.8. The number of imidazole rings is 1. The minimum absolute atomic E-state index is 0.0647. The van der Waals surface area contributed by atoms with Crippen LogP contribution in [0.25, 0.3) is 0 Å². The van der Waals surface area contributed by atoms with Crippen molar-refractivity contribution in [1.82, 2.24) is 20.2 Å². The van der Waals surface area contributed by atoms with Crippen molar-refractivity contribution in [3.63, 3.8) is 0 Å². The summed E-state index contributed by atoms with van der Waals surface area (Å²) < 4.78 is 83.2. The molecule has 4 rings (SSSR count). The molecule has 1 saturated carbocycles. The van der Waals surface area contributed by atoms with Gasteiger partial charge in [-0.25, -0.2) is 9.98 Å². The minimum atomic E-state index is -4.91. The van der Waals surface area contributed by atoms with Crippen LogP contribution < -0.4 is 10.6 Å². The lowest BCUT2D eigenvalue weighted by atomic mass is 9.96. The molecule has 1 aliphatic carbocycles. The Bertz CT molecular complexity index is 1240. The number of aromatic nitrogens is 2. The van der Waals surface area contributed by atoms with E-state index in [9.17, 15) is 31.6 Å². The fourth-order valence-electron chi connectivity index (χ4n) is 3.98. The molecular formula is C24H20F6N6. The molecule has 2 N–H and O–H groups in total. The van der Waals surface area contributed by atoms with Gasteiger partial charge in [0, 0.05) is 24.9 Å². The molecule has 1 heterocycles. The molecule has 188 valence electrons. The number of hydrogen-bond acceptors (Lipinski definition) is 3. The van der Waals surface area contributed by atoms with Crippen LogP contribution in [-0.4, -0.2) is 21.6 Å². The summed E-state index contributed by atoms with van der Waals surface area (Å²) in [5, 5.41) is 14.3. The number of rotatable bonds is 6. The van der Waals surface area contributed by atoms with Crippen LogP contribution in [0.5, 0.6) is 0 Å². The van der Waals surface area contributed by atoms with Gasteiger partial charge in [0.2, 0.25) is 5.96 Å². The van der Waals surface area contributed by atoms with E-state index in [0.29, 0.717) is 24.6 Å². The average Bonchev–Trinajstić information content (AvgIpc) is 3.39. The van der Waals surface area contributed by atoms with Crippen LogP contribution in [0.3, 0.4) is 0 Å². The van der Waals surface area contributed by atoms with E-state index in [1.165, 1.54) is 23.3 Å². The van der Waals surface area contributed by atoms with Crippen molar-refractivity contribution < 1.29 is 26.3 Å². The van der Waals surface area contributed by atoms with Gasteiger partial charge in [0.15, 0.2) is 6.19 Å². The first-order valence-electron chi connectivity index (χ1n) is 10.8. The number of hydrogen-bond donors (Lipinski definition) is 2. The number of nitriles is 1. The molecule has 0 saturated heterocycles. The molecule has 36 heavy (non-hydrogen) atoms. The number of halogens is 6. The summed E-state index contributed by atoms with van der Waals surface area (Å²) in [6.07, 6.45) is -3.23. The van der Waals surface area contributed by atoms with Gasteiger partial charge in [-0.2, -0.15) is 31.6 Å². The summed E-state index contributed by atoms with van der Waals surface area (Å²) in [5.74, 6) is -0.0635. The smallest absolute Gasteiger partial charge is 0.347 e. The van der Waals surface area contributed by atoms with Gasteiger partial charge in [-0.15, -0.1) is 0 Å². The monoisotopic (exact) mass is 506 g/mol. The Morgan fingerprint density at radius 2 is 1.86 bits per heavy atom. The maximum Gasteiger partial charge on any atom is 0.416 e. The van der Waals surface area contributed by atoms with Gasteiger partial charge in [0.1, 0.15) is 0 Å². The quantitative estimate of drug-likeness (QED) is 0.158. The Morgan fingerprint density at radius 3 is 2.47 bits per heavy atom. The molecule has 3 atom stereocenters. The number of nitrogens with one attached hydrogen (secondary N) is 2. The Kier molecular flexibility index (Phi) is 6.92. The zero-order chi connectivity index (χ0) is 25.9. The van der Waals surface area contributed by atoms with Crippen LogP contribution >= 0.6 is 0 Å². The van der Waals surface area contributed by atoms with Gasteiger partial charge in [0.05, 0.1) is 29.5 Å². The van der Waals surface area contributed by atoms with E-state index < -0.39 is 35.1 Å². The summed E-state index contributed by atoms with van der Waals surface area (Å²) in [7, 11) is 0. The van der Waals surface area contributed by atoms with Crippen LogP contribution in [0.2, 0.25) is 0 Å². The Morgan fingerprint density at radius 1 is 1.11 bits per heavy atom. The zero-order valence-corrected chi connectivity index (χ0v) is 18.6. The molecule has 1 unspecified atom stereocenters. The molecule has 1 fully saturated rings. The highest BCUT2D eigenvalue weighted by Crippen LogP contribution is 2.43. The molecule has 0 bridgehead atoms. The van der Waals surface area contributed by atoms with Crippen LogP contribution in [0.1, 0.15) is 40.6 Å². The second-order valence-corrected chi connectivity index (χ2v) is 8.29. The summed E-state index contributed by atoms with van der Waals surface area (Å²) >= 11 is 0. The molecule has 0 amide bonds. The fourth-order valence-corrected chi connectivity index (χ4v) is 3.98. The lowest BCUT2D eigenvalue weighted by Crippen LogP contribution is -2.40. The van der Waals surface area contributed by atoms with Crippen molar-refractivity contribution in [2.24, 2.45) is 4.99 Å². The van der Waals surface area contributed by atoms with E-state index in [4.69, 9.17) is 0 Å². The number of aliphatic imine (C=N–C) groups is 1. The largest absolute Gasteiger partial charge is 0.416 e. The van der Waals surface area contributed by atoms with Gasteiger partial charge in [-0.1, -0.05) is 30.3 Å². The SMILES string of the molecule is N#CNC(=N[C@H]1C[C@@H]1c1ccccc1)NC(Cn1ccnc1)c1cc(C(F)(F)F)ccc1C(F)(F)F. The van der Waals surface area contributed by atoms with Gasteiger partial charge in [-0.3, -0.25) is 5.32 Å². The average molecular weight is 506 g/mol. The summed E-state index contributed by atoms with van der Waals surface area (Å²) in [6, 6.07) is 9.17. The lowest BCUT2D eigenvalue weighted by Gasteiger charge is -2.25. The first-order valence-corrected chi connectivity index (χ1v) is 10.8. The minimum Gasteiger partial charge on any atom is -0.347 e. The van der Waals surface area contributed by atoms with E-state index in [0.717, 1.165) is 5.56 Å². The molecule has 1 aliphatic rings. The molecule has 0 aliphatic heterocycles. The van der Waals surface area contributed by atoms with Crippen molar-refractivity contribution in [3.8, 4) is 6.19 Å². The van der Waals surface area contributed by atoms with E-state index in [-0.39, 0.29) is 24.5 Å². The molecule has 0 spiro atoms. The van der Waals surface area contributed by atoms with Gasteiger partial charge < -0.3 is 9.88 Å². The third-order valence-electron chi connectivity index (χ3n) is 5.78. The van der Waals surface area contributed by atoms with E-state index in [1.807, 2.05) is 30.3 Å². The second-order valence-electron chi connectivity index (χ2n) is 8.29. The zero-order valence-electron chi connectivity index (χ0n) is 18.6. The molecule has 0 radical (unpaired) electrons. The molecule has 3 aromatic rings. The third kappa shape index (κ3) is 5.97. The first-order chi connectivity index (χ1) is 17.1. The lowest BCUT2D eigenvalue weighted by molar-refractivity contribution is -0.142. The molecule has 2 aromatic carbocycles. The van der Waals surface area contributed by atoms with E-state index >= 15 is 0 Å². The van der Waals surface area contributed by atoms with Crippen LogP contribution in [0.15, 0.2) is 72.2 Å². The summed E-state index contributed by atoms with van der Waals surface area (Å²) in [6.45, 7) is -0.205. The predicted octanol–water partition coefficient (Wildman–Crippen LogP) is 5.23. The van der Waals surface area contributed by atoms with Crippen molar-refractivity contribution in [1.29, 1.82) is 5.26 Å². The van der Waals surface area contributed by atoms with Gasteiger partial charge in [-0.05, 0) is 35.7 Å². The highest BCUT2D eigenvalue weighted by Gasteiger charge is 2.40. The molecule has 1 aromatic heterocycles. The first kappa shape index (κ1) is 25.1. The molecule has 12 heteroatoms. The van der Waals surface area contributed by atoms with Crippen LogP contribution in [0.4, 0.5) is 26.3 Å². The van der Waals surface area contributed by atoms with Crippen LogP contribution in [-0.2, 0) is 18.9 Å². The standard InChI is InChI=1S/C24H20F6N6/c25-23(26,27)16-6-7-19(24(28,29)30)18(10-16)21(12-36-9-8-32-14-36)35-22(33-13-31)34-20-11-17(20)15-4-2-1-3-5-15/h1-10,14,17,20-21H,11-12H2,(H2,33,34,35)/t17-,20+,21?/m1/s1. The molecule has 6 nitrogen and oxygen atoms in total. The predicted molar refractivity (Wildman–Crippen MR) is 118 cm³/mol. The van der Waals surface area contributed by atoms with Crippen molar-refractivity contribution in [2.75, 3.05) is 0 Å². The Balaban J connectivity index is 1.71. The van der Waals surface area contributed by atoms with Crippen molar-refractivity contribution >= 4 is 5.96 Å². The van der Waals surface area contributed by atoms with E-state index in [2.05, 4.69) is 20.6 Å². The molecular weight excluding hydrogens is 486 g/mol. The van der Waals surface area contributed by atoms with Gasteiger partial charge in [0.25, 0.3) is 0 Å². The highest BCUT2D eigenvalue weighted by atomic mass is 19.4. The number of guanidine groups is 1.